The van der Waals surface area contributed by atoms with E-state index in [1.54, 1.807) is 0 Å². The van der Waals surface area contributed by atoms with Crippen molar-refractivity contribution < 1.29 is 0 Å². The Kier molecular flexibility index (Phi) is 11.3. The van der Waals surface area contributed by atoms with Crippen LogP contribution in [0.1, 0.15) is 72.8 Å². The second-order valence-corrected chi connectivity index (χ2v) is 6.44. The number of hydrogen-bond acceptors (Lipinski definition) is 3. The molecule has 3 nitrogen and oxygen atoms in total. The van der Waals surface area contributed by atoms with Gasteiger partial charge in [-0.1, -0.05) is 78.0 Å². The Bertz CT molecular complexity index is 593. The van der Waals surface area contributed by atoms with Gasteiger partial charge < -0.3 is 16.8 Å². The molecule has 3 aliphatic carbocycles. The number of fused-ring (bicyclic) bond motifs is 1. The Balaban J connectivity index is 0.00000103. The van der Waals surface area contributed by atoms with Gasteiger partial charge in [0.25, 0.3) is 0 Å². The molecule has 0 radical (unpaired) electrons. The summed E-state index contributed by atoms with van der Waals surface area (Å²) in [4.78, 5) is 0. The molecule has 0 spiro atoms. The van der Waals surface area contributed by atoms with Gasteiger partial charge in [-0.25, -0.2) is 0 Å². The van der Waals surface area contributed by atoms with Crippen molar-refractivity contribution in [2.75, 3.05) is 0 Å². The summed E-state index contributed by atoms with van der Waals surface area (Å²) in [5.74, 6) is 0.688. The molecule has 3 heteroatoms. The van der Waals surface area contributed by atoms with Gasteiger partial charge in [-0.3, -0.25) is 0 Å². The zero-order chi connectivity index (χ0) is 20.9. The third kappa shape index (κ3) is 6.50. The predicted molar refractivity (Wildman–Crippen MR) is 122 cm³/mol. The summed E-state index contributed by atoms with van der Waals surface area (Å²) in [5.41, 5.74) is 14.4. The van der Waals surface area contributed by atoms with Crippen LogP contribution in [-0.2, 0) is 0 Å². The van der Waals surface area contributed by atoms with E-state index in [1.165, 1.54) is 12.8 Å². The fourth-order valence-electron chi connectivity index (χ4n) is 3.79. The molecule has 0 heterocycles. The average Bonchev–Trinajstić information content (AvgIpc) is 3.27. The molecule has 0 aromatic heterocycles. The zero-order valence-electron chi connectivity index (χ0n) is 18.3. The maximum absolute atomic E-state index is 6.10. The van der Waals surface area contributed by atoms with Gasteiger partial charge in [0.05, 0.1) is 5.82 Å². The first-order valence-corrected chi connectivity index (χ1v) is 10.5. The van der Waals surface area contributed by atoms with E-state index in [0.717, 1.165) is 24.1 Å². The Labute approximate surface area is 167 Å². The second kappa shape index (κ2) is 12.3. The summed E-state index contributed by atoms with van der Waals surface area (Å²) < 4.78 is 0. The van der Waals surface area contributed by atoms with Crippen molar-refractivity contribution in [3.63, 3.8) is 0 Å². The van der Waals surface area contributed by atoms with E-state index in [2.05, 4.69) is 18.0 Å². The van der Waals surface area contributed by atoms with Gasteiger partial charge in [-0.2, -0.15) is 0 Å². The van der Waals surface area contributed by atoms with Gasteiger partial charge in [0, 0.05) is 11.2 Å². The Morgan fingerprint density at radius 3 is 1.96 bits per heavy atom. The molecule has 3 fully saturated rings. The molecule has 0 saturated heterocycles. The molecule has 5 N–H and O–H groups in total. The highest BCUT2D eigenvalue weighted by Crippen LogP contribution is 2.62. The van der Waals surface area contributed by atoms with Gasteiger partial charge >= 0.3 is 0 Å². The molecule has 2 bridgehead atoms. The summed E-state index contributed by atoms with van der Waals surface area (Å²) >= 11 is 0. The second-order valence-electron chi connectivity index (χ2n) is 6.44. The number of hydrogen-bond donors (Lipinski definition) is 3. The van der Waals surface area contributed by atoms with Crippen molar-refractivity contribution in [3.8, 4) is 0 Å². The molecule has 152 valence electrons. The lowest BCUT2D eigenvalue weighted by Gasteiger charge is -2.46. The van der Waals surface area contributed by atoms with Gasteiger partial charge in [0.15, 0.2) is 0 Å². The fraction of sp³-hybridized carbons (Fsp3) is 0.500. The van der Waals surface area contributed by atoms with Crippen LogP contribution in [0.15, 0.2) is 61.0 Å². The molecule has 0 aliphatic heterocycles. The van der Waals surface area contributed by atoms with E-state index in [1.807, 2.05) is 84.0 Å². The molecule has 4 rings (SSSR count). The molecule has 3 aliphatic rings. The molecule has 3 saturated carbocycles. The van der Waals surface area contributed by atoms with E-state index < -0.39 is 0 Å². The maximum Gasteiger partial charge on any atom is 0.0965 e. The maximum atomic E-state index is 6.10. The Hall–Kier alpha value is -2.16. The van der Waals surface area contributed by atoms with Crippen LogP contribution in [0.5, 0.6) is 0 Å². The molecular formula is C24H41N3. The lowest BCUT2D eigenvalue weighted by atomic mass is 9.65. The molecule has 1 aromatic carbocycles. The van der Waals surface area contributed by atoms with Crippen LogP contribution in [0.3, 0.4) is 0 Å². The van der Waals surface area contributed by atoms with Crippen LogP contribution in [0.25, 0.3) is 5.70 Å². The van der Waals surface area contributed by atoms with Crippen LogP contribution in [0.4, 0.5) is 0 Å². The van der Waals surface area contributed by atoms with Crippen LogP contribution in [-0.4, -0.2) is 5.54 Å². The molecule has 0 atom stereocenters. The standard InChI is InChI=1S/C18H23N3.3C2H6/c1-2-17-10-11-18(12-17,13-17)21-16(20)9-8-15(19)14-6-4-3-5-7-14;3*1-2/h2-9,21H,1,10-13,19-20H2;3*1-2H3/b15-8-,16-9+;;;. The number of allylic oxidation sites excluding steroid dienone is 3. The quantitative estimate of drug-likeness (QED) is 0.442. The first-order chi connectivity index (χ1) is 13.1. The number of rotatable bonds is 5. The van der Waals surface area contributed by atoms with Crippen LogP contribution < -0.4 is 16.8 Å². The van der Waals surface area contributed by atoms with Crippen LogP contribution in [0, 0.1) is 5.41 Å². The molecule has 27 heavy (non-hydrogen) atoms. The predicted octanol–water partition coefficient (Wildman–Crippen LogP) is 5.95. The van der Waals surface area contributed by atoms with E-state index in [4.69, 9.17) is 11.5 Å². The Morgan fingerprint density at radius 2 is 1.48 bits per heavy atom. The van der Waals surface area contributed by atoms with E-state index in [0.29, 0.717) is 11.2 Å². The van der Waals surface area contributed by atoms with Gasteiger partial charge in [-0.05, 0) is 48.8 Å². The fourth-order valence-corrected chi connectivity index (χ4v) is 3.79. The van der Waals surface area contributed by atoms with Crippen molar-refractivity contribution in [1.29, 1.82) is 0 Å². The average molecular weight is 372 g/mol. The van der Waals surface area contributed by atoms with Crippen LogP contribution >= 0.6 is 0 Å². The van der Waals surface area contributed by atoms with Gasteiger partial charge in [0.1, 0.15) is 0 Å². The number of nitrogens with two attached hydrogens (primary N) is 2. The van der Waals surface area contributed by atoms with Crippen molar-refractivity contribution in [2.24, 2.45) is 16.9 Å². The smallest absolute Gasteiger partial charge is 0.0965 e. The zero-order valence-corrected chi connectivity index (χ0v) is 18.3. The van der Waals surface area contributed by atoms with Gasteiger partial charge in [0.2, 0.25) is 0 Å². The minimum atomic E-state index is 0.185. The highest BCUT2D eigenvalue weighted by Gasteiger charge is 2.59. The van der Waals surface area contributed by atoms with Crippen molar-refractivity contribution in [3.05, 3.63) is 66.5 Å². The van der Waals surface area contributed by atoms with Crippen molar-refractivity contribution in [2.45, 2.75) is 72.8 Å². The molecular weight excluding hydrogens is 330 g/mol. The Morgan fingerprint density at radius 1 is 0.926 bits per heavy atom. The highest BCUT2D eigenvalue weighted by atomic mass is 15.1. The van der Waals surface area contributed by atoms with Gasteiger partial charge in [-0.15, -0.1) is 6.58 Å². The first-order valence-electron chi connectivity index (χ1n) is 10.5. The summed E-state index contributed by atoms with van der Waals surface area (Å²) in [5, 5.41) is 3.48. The minimum Gasteiger partial charge on any atom is -0.398 e. The van der Waals surface area contributed by atoms with Crippen LogP contribution in [0.2, 0.25) is 0 Å². The lowest BCUT2D eigenvalue weighted by molar-refractivity contribution is 0.140. The summed E-state index contributed by atoms with van der Waals surface area (Å²) in [6, 6.07) is 9.90. The highest BCUT2D eigenvalue weighted by molar-refractivity contribution is 5.64. The van der Waals surface area contributed by atoms with E-state index in [9.17, 15) is 0 Å². The largest absolute Gasteiger partial charge is 0.398 e. The molecule has 0 amide bonds. The minimum absolute atomic E-state index is 0.185. The monoisotopic (exact) mass is 371 g/mol. The summed E-state index contributed by atoms with van der Waals surface area (Å²) in [6.45, 7) is 16.0. The van der Waals surface area contributed by atoms with E-state index in [-0.39, 0.29) is 5.54 Å². The summed E-state index contributed by atoms with van der Waals surface area (Å²) in [6.07, 6.45) is 10.5. The third-order valence-corrected chi connectivity index (χ3v) is 4.87. The third-order valence-electron chi connectivity index (χ3n) is 4.87. The topological polar surface area (TPSA) is 64.1 Å². The number of benzene rings is 1. The summed E-state index contributed by atoms with van der Waals surface area (Å²) in [7, 11) is 0. The molecule has 1 aromatic rings. The van der Waals surface area contributed by atoms with Crippen molar-refractivity contribution >= 4 is 5.70 Å². The normalized spacial score (nSPS) is 25.3. The van der Waals surface area contributed by atoms with E-state index >= 15 is 0 Å². The number of nitrogens with one attached hydrogen (secondary N) is 1. The SMILES string of the molecule is C=CC12CCC(N/C(N)=C/C=C(\N)c3ccccc3)(C1)C2.CC.CC.CC. The van der Waals surface area contributed by atoms with Crippen molar-refractivity contribution in [1.82, 2.24) is 5.32 Å². The molecule has 0 unspecified atom stereocenters. The lowest BCUT2D eigenvalue weighted by Crippen LogP contribution is -2.53. The first kappa shape index (κ1) is 24.8.